The Balaban J connectivity index is 1.56. The number of rotatable bonds is 5. The molecule has 3 aliphatic rings. The summed E-state index contributed by atoms with van der Waals surface area (Å²) in [4.78, 5) is 7.74. The zero-order chi connectivity index (χ0) is 22.5. The minimum absolute atomic E-state index is 0.0551. The van der Waals surface area contributed by atoms with Gasteiger partial charge in [-0.2, -0.15) is 5.10 Å². The highest BCUT2D eigenvalue weighted by Crippen LogP contribution is 2.40. The number of alkyl halides is 1. The highest BCUT2D eigenvalue weighted by atomic mass is 19.1. The van der Waals surface area contributed by atoms with E-state index in [2.05, 4.69) is 10.1 Å². The number of fused-ring (bicyclic) bond motifs is 1. The molecule has 9 nitrogen and oxygen atoms in total. The second-order valence-corrected chi connectivity index (χ2v) is 8.02. The molecule has 32 heavy (non-hydrogen) atoms. The number of nitrogens with zero attached hydrogens (tertiary/aromatic N) is 5. The van der Waals surface area contributed by atoms with Crippen molar-refractivity contribution >= 4 is 11.6 Å². The maximum absolute atomic E-state index is 14.7. The van der Waals surface area contributed by atoms with Crippen LogP contribution in [-0.4, -0.2) is 53.2 Å². The molecule has 3 aliphatic heterocycles. The van der Waals surface area contributed by atoms with E-state index in [-0.39, 0.29) is 25.7 Å². The Bertz CT molecular complexity index is 1190. The maximum Gasteiger partial charge on any atom is 0.205 e. The fourth-order valence-electron chi connectivity index (χ4n) is 3.98. The fraction of sp³-hybridized carbons (Fsp3) is 0.273. The van der Waals surface area contributed by atoms with Crippen LogP contribution in [0.2, 0.25) is 0 Å². The lowest BCUT2D eigenvalue weighted by Crippen LogP contribution is -2.54. The summed E-state index contributed by atoms with van der Waals surface area (Å²) in [6.07, 6.45) is 8.95. The first kappa shape index (κ1) is 20.1. The summed E-state index contributed by atoms with van der Waals surface area (Å²) in [5, 5.41) is 4.23. The van der Waals surface area contributed by atoms with Crippen molar-refractivity contribution in [3.63, 3.8) is 0 Å². The standard InChI is InChI=1S/C22H24FN7O2/c1-28-10-16(9-27-28)14-3-4-17(18(7-14)31-2)30-19-15(8-26-21(30)25)5-6-29(20(19)24)11-22(23)12-32-13-22/h3-10H,11-13,24H2,1-2H3,(H2,25,26). The van der Waals surface area contributed by atoms with Gasteiger partial charge in [0.1, 0.15) is 11.6 Å². The topological polar surface area (TPSA) is 107 Å². The van der Waals surface area contributed by atoms with Crippen LogP contribution in [0.4, 0.5) is 10.1 Å². The first-order valence-electron chi connectivity index (χ1n) is 10.1. The normalized spacial score (nSPS) is 19.3. The van der Waals surface area contributed by atoms with Gasteiger partial charge in [0.2, 0.25) is 5.96 Å². The van der Waals surface area contributed by atoms with E-state index in [9.17, 15) is 4.39 Å². The first-order valence-corrected chi connectivity index (χ1v) is 10.1. The van der Waals surface area contributed by atoms with Crippen molar-refractivity contribution in [1.82, 2.24) is 14.7 Å². The second kappa shape index (κ2) is 7.41. The van der Waals surface area contributed by atoms with Gasteiger partial charge in [-0.25, -0.2) is 9.38 Å². The first-order chi connectivity index (χ1) is 15.4. The van der Waals surface area contributed by atoms with E-state index in [0.717, 1.165) is 16.7 Å². The molecule has 1 fully saturated rings. The third-order valence-electron chi connectivity index (χ3n) is 5.68. The van der Waals surface area contributed by atoms with Gasteiger partial charge in [-0.15, -0.1) is 0 Å². The van der Waals surface area contributed by atoms with Gasteiger partial charge < -0.3 is 25.8 Å². The molecule has 4 heterocycles. The molecule has 0 amide bonds. The predicted octanol–water partition coefficient (Wildman–Crippen LogP) is 1.81. The van der Waals surface area contributed by atoms with Gasteiger partial charge in [0, 0.05) is 36.8 Å². The Morgan fingerprint density at radius 3 is 2.72 bits per heavy atom. The molecule has 2 aromatic rings. The van der Waals surface area contributed by atoms with Crippen LogP contribution in [0.5, 0.6) is 5.75 Å². The quantitative estimate of drug-likeness (QED) is 0.735. The molecule has 0 aliphatic carbocycles. The molecule has 4 N–H and O–H groups in total. The van der Waals surface area contributed by atoms with Gasteiger partial charge in [0.05, 0.1) is 44.4 Å². The van der Waals surface area contributed by atoms with Gasteiger partial charge in [-0.05, 0) is 23.8 Å². The van der Waals surface area contributed by atoms with Crippen molar-refractivity contribution in [2.75, 3.05) is 31.8 Å². The van der Waals surface area contributed by atoms with Gasteiger partial charge in [0.15, 0.2) is 5.67 Å². The highest BCUT2D eigenvalue weighted by Gasteiger charge is 2.42. The van der Waals surface area contributed by atoms with Gasteiger partial charge >= 0.3 is 0 Å². The lowest BCUT2D eigenvalue weighted by molar-refractivity contribution is -0.135. The number of anilines is 1. The average Bonchev–Trinajstić information content (AvgIpc) is 3.21. The predicted molar refractivity (Wildman–Crippen MR) is 119 cm³/mol. The minimum Gasteiger partial charge on any atom is -0.495 e. The number of allylic oxidation sites excluding steroid dienone is 1. The molecule has 0 atom stereocenters. The summed E-state index contributed by atoms with van der Waals surface area (Å²) < 4.78 is 27.2. The SMILES string of the molecule is COc1cc(-c2cnn(C)c2)ccc1N1C(N)=NC=C2C=CN(CC3(F)COC3)C(N)=C21. The summed E-state index contributed by atoms with van der Waals surface area (Å²) in [6.45, 7) is 0.202. The van der Waals surface area contributed by atoms with Crippen molar-refractivity contribution in [3.05, 3.63) is 66.2 Å². The molecule has 0 bridgehead atoms. The second-order valence-electron chi connectivity index (χ2n) is 8.02. The molecule has 0 radical (unpaired) electrons. The van der Waals surface area contributed by atoms with Crippen LogP contribution in [-0.2, 0) is 11.8 Å². The van der Waals surface area contributed by atoms with E-state index < -0.39 is 5.67 Å². The monoisotopic (exact) mass is 437 g/mol. The number of aromatic nitrogens is 2. The van der Waals surface area contributed by atoms with Gasteiger partial charge in [0.25, 0.3) is 0 Å². The Hall–Kier alpha value is -3.79. The van der Waals surface area contributed by atoms with Crippen molar-refractivity contribution in [3.8, 4) is 16.9 Å². The van der Waals surface area contributed by atoms with Crippen molar-refractivity contribution < 1.29 is 13.9 Å². The van der Waals surface area contributed by atoms with Crippen molar-refractivity contribution in [2.45, 2.75) is 5.67 Å². The van der Waals surface area contributed by atoms with E-state index in [0.29, 0.717) is 23.0 Å². The van der Waals surface area contributed by atoms with E-state index >= 15 is 0 Å². The average molecular weight is 437 g/mol. The Morgan fingerprint density at radius 1 is 1.25 bits per heavy atom. The van der Waals surface area contributed by atoms with Crippen LogP contribution in [0.25, 0.3) is 11.1 Å². The number of benzene rings is 1. The number of guanidine groups is 1. The van der Waals surface area contributed by atoms with Crippen LogP contribution in [0, 0.1) is 0 Å². The molecular formula is C22H24FN7O2. The van der Waals surface area contributed by atoms with Crippen LogP contribution in [0.3, 0.4) is 0 Å². The smallest absolute Gasteiger partial charge is 0.205 e. The number of aliphatic imine (C=N–C) groups is 1. The number of aryl methyl sites for hydroxylation is 1. The van der Waals surface area contributed by atoms with Crippen LogP contribution < -0.4 is 21.1 Å². The molecule has 0 spiro atoms. The lowest BCUT2D eigenvalue weighted by Gasteiger charge is -2.41. The van der Waals surface area contributed by atoms with Crippen molar-refractivity contribution in [1.29, 1.82) is 0 Å². The van der Waals surface area contributed by atoms with E-state index in [1.165, 1.54) is 0 Å². The molecule has 1 aromatic carbocycles. The third-order valence-corrected chi connectivity index (χ3v) is 5.68. The van der Waals surface area contributed by atoms with Crippen LogP contribution >= 0.6 is 0 Å². The Labute approximate surface area is 184 Å². The van der Waals surface area contributed by atoms with Crippen molar-refractivity contribution in [2.24, 2.45) is 23.5 Å². The van der Waals surface area contributed by atoms with E-state index in [1.807, 2.05) is 37.5 Å². The van der Waals surface area contributed by atoms with Gasteiger partial charge in [-0.3, -0.25) is 9.58 Å². The Morgan fingerprint density at radius 2 is 2.06 bits per heavy atom. The third kappa shape index (κ3) is 3.28. The molecule has 10 heteroatoms. The number of halogens is 1. The summed E-state index contributed by atoms with van der Waals surface area (Å²) in [7, 11) is 3.46. The summed E-state index contributed by atoms with van der Waals surface area (Å²) in [5.74, 6) is 1.19. The lowest BCUT2D eigenvalue weighted by atomic mass is 10.0. The zero-order valence-electron chi connectivity index (χ0n) is 17.8. The maximum atomic E-state index is 14.7. The minimum atomic E-state index is -1.43. The zero-order valence-corrected chi connectivity index (χ0v) is 17.8. The molecule has 0 unspecified atom stereocenters. The number of methoxy groups -OCH3 is 1. The number of hydrogen-bond donors (Lipinski definition) is 2. The number of nitrogens with two attached hydrogens (primary N) is 2. The summed E-state index contributed by atoms with van der Waals surface area (Å²) in [6, 6.07) is 5.76. The molecular weight excluding hydrogens is 413 g/mol. The van der Waals surface area contributed by atoms with Crippen LogP contribution in [0.15, 0.2) is 71.2 Å². The number of hydrogen-bond acceptors (Lipinski definition) is 8. The number of ether oxygens (including phenoxy) is 2. The summed E-state index contributed by atoms with van der Waals surface area (Å²) in [5.41, 5.74) is 15.4. The Kier molecular flexibility index (Phi) is 4.66. The highest BCUT2D eigenvalue weighted by molar-refractivity contribution is 6.02. The molecule has 5 rings (SSSR count). The molecule has 166 valence electrons. The van der Waals surface area contributed by atoms with Crippen LogP contribution in [0.1, 0.15) is 0 Å². The summed E-state index contributed by atoms with van der Waals surface area (Å²) >= 11 is 0. The van der Waals surface area contributed by atoms with Gasteiger partial charge in [-0.1, -0.05) is 6.07 Å². The molecule has 0 saturated carbocycles. The fourth-order valence-corrected chi connectivity index (χ4v) is 3.98. The molecule has 1 saturated heterocycles. The van der Waals surface area contributed by atoms with E-state index in [4.69, 9.17) is 20.9 Å². The largest absolute Gasteiger partial charge is 0.495 e. The molecule has 1 aromatic heterocycles. The van der Waals surface area contributed by atoms with E-state index in [1.54, 1.807) is 40.2 Å².